The lowest BCUT2D eigenvalue weighted by Crippen LogP contribution is -2.31. The number of nitriles is 2. The van der Waals surface area contributed by atoms with Gasteiger partial charge in [-0.1, -0.05) is 11.3 Å². The monoisotopic (exact) mass is 435 g/mol. The number of nitrogens with two attached hydrogens (primary N) is 1. The molecule has 0 spiro atoms. The predicted molar refractivity (Wildman–Crippen MR) is 114 cm³/mol. The fraction of sp³-hybridized carbons (Fsp3) is 0.438. The van der Waals surface area contributed by atoms with Gasteiger partial charge in [-0.25, -0.2) is 4.98 Å². The van der Waals surface area contributed by atoms with Crippen LogP contribution in [0.25, 0.3) is 0 Å². The zero-order valence-corrected chi connectivity index (χ0v) is 17.8. The molecule has 0 amide bonds. The first-order valence-electron chi connectivity index (χ1n) is 8.38. The van der Waals surface area contributed by atoms with Gasteiger partial charge in [0.25, 0.3) is 0 Å². The van der Waals surface area contributed by atoms with Gasteiger partial charge in [-0.05, 0) is 6.92 Å². The number of aryl methyl sites for hydroxylation is 1. The number of allylic oxidation sites excluding steroid dienone is 1. The van der Waals surface area contributed by atoms with Gasteiger partial charge in [0.05, 0.1) is 12.0 Å². The Labute approximate surface area is 176 Å². The van der Waals surface area contributed by atoms with Gasteiger partial charge in [-0.2, -0.15) is 34.0 Å². The second-order valence-electron chi connectivity index (χ2n) is 5.43. The normalized spacial score (nSPS) is 10.1. The first-order chi connectivity index (χ1) is 13.6. The standard InChI is InChI=1S/C16H21N9S3/c1-11-13(23-10-22-11)8-26-4-2-20-15(12(6-17)7-18)21-3-5-27-9-14-24-25-16(19)28-14/h10,20-21H,2-5,8-9H2,1H3,(H2,19,25)(H,22,23). The number of nitrogens with one attached hydrogen (secondary N) is 3. The fourth-order valence-corrected chi connectivity index (χ4v) is 4.47. The molecule has 0 fully saturated rings. The summed E-state index contributed by atoms with van der Waals surface area (Å²) in [4.78, 5) is 7.29. The Balaban J connectivity index is 1.69. The Hall–Kier alpha value is -2.41. The van der Waals surface area contributed by atoms with Gasteiger partial charge >= 0.3 is 0 Å². The van der Waals surface area contributed by atoms with Crippen molar-refractivity contribution in [3.8, 4) is 12.1 Å². The first-order valence-corrected chi connectivity index (χ1v) is 11.5. The molecule has 28 heavy (non-hydrogen) atoms. The number of aromatic nitrogens is 4. The molecule has 0 bridgehead atoms. The molecule has 2 aromatic heterocycles. The molecule has 148 valence electrons. The lowest BCUT2D eigenvalue weighted by atomic mass is 10.3. The molecule has 0 saturated carbocycles. The summed E-state index contributed by atoms with van der Waals surface area (Å²) in [5.41, 5.74) is 7.73. The maximum atomic E-state index is 9.15. The molecule has 5 N–H and O–H groups in total. The lowest BCUT2D eigenvalue weighted by Gasteiger charge is -2.13. The highest BCUT2D eigenvalue weighted by Gasteiger charge is 2.07. The zero-order valence-electron chi connectivity index (χ0n) is 15.4. The number of H-pyrrole nitrogens is 1. The van der Waals surface area contributed by atoms with Crippen molar-refractivity contribution >= 4 is 40.0 Å². The van der Waals surface area contributed by atoms with Crippen LogP contribution in [0.15, 0.2) is 17.7 Å². The van der Waals surface area contributed by atoms with Gasteiger partial charge in [-0.15, -0.1) is 10.2 Å². The number of rotatable bonds is 12. The van der Waals surface area contributed by atoms with Crippen LogP contribution in [-0.2, 0) is 11.5 Å². The minimum Gasteiger partial charge on any atom is -0.374 e. The topological polar surface area (TPSA) is 152 Å². The molecule has 0 radical (unpaired) electrons. The Morgan fingerprint density at radius 1 is 1.18 bits per heavy atom. The smallest absolute Gasteiger partial charge is 0.203 e. The summed E-state index contributed by atoms with van der Waals surface area (Å²) in [6.07, 6.45) is 1.69. The molecule has 0 aliphatic heterocycles. The van der Waals surface area contributed by atoms with Crippen LogP contribution in [-0.4, -0.2) is 44.8 Å². The molecular formula is C16H21N9S3. The molecular weight excluding hydrogens is 414 g/mol. The van der Waals surface area contributed by atoms with E-state index in [1.165, 1.54) is 11.3 Å². The van der Waals surface area contributed by atoms with Crippen LogP contribution in [0.5, 0.6) is 0 Å². The molecule has 0 unspecified atom stereocenters. The number of aromatic amines is 1. The quantitative estimate of drug-likeness (QED) is 0.286. The lowest BCUT2D eigenvalue weighted by molar-refractivity contribution is 0.722. The number of nitrogen functional groups attached to an aromatic ring is 1. The molecule has 0 saturated heterocycles. The van der Waals surface area contributed by atoms with Gasteiger partial charge in [0.1, 0.15) is 23.0 Å². The average molecular weight is 436 g/mol. The van der Waals surface area contributed by atoms with E-state index in [0.29, 0.717) is 24.0 Å². The summed E-state index contributed by atoms with van der Waals surface area (Å²) in [5.74, 6) is 3.68. The number of hydrogen-bond donors (Lipinski definition) is 4. The van der Waals surface area contributed by atoms with Gasteiger partial charge in [0.15, 0.2) is 5.57 Å². The molecule has 12 heteroatoms. The summed E-state index contributed by atoms with van der Waals surface area (Å²) < 4.78 is 0. The number of nitrogens with zero attached hydrogens (tertiary/aromatic N) is 5. The van der Waals surface area contributed by atoms with Crippen LogP contribution in [0.1, 0.15) is 16.4 Å². The fourth-order valence-electron chi connectivity index (χ4n) is 2.07. The summed E-state index contributed by atoms with van der Waals surface area (Å²) in [5, 5.41) is 33.7. The Morgan fingerprint density at radius 3 is 2.39 bits per heavy atom. The predicted octanol–water partition coefficient (Wildman–Crippen LogP) is 1.76. The first kappa shape index (κ1) is 21.9. The highest BCUT2D eigenvalue weighted by Crippen LogP contribution is 2.17. The van der Waals surface area contributed by atoms with E-state index < -0.39 is 0 Å². The third kappa shape index (κ3) is 7.31. The Morgan fingerprint density at radius 2 is 1.86 bits per heavy atom. The van der Waals surface area contributed by atoms with Gasteiger partial charge in [0, 0.05) is 41.8 Å². The van der Waals surface area contributed by atoms with Crippen LogP contribution in [0.2, 0.25) is 0 Å². The minimum absolute atomic E-state index is 0.0521. The van der Waals surface area contributed by atoms with E-state index in [0.717, 1.165) is 39.4 Å². The van der Waals surface area contributed by atoms with Crippen LogP contribution in [0, 0.1) is 29.6 Å². The largest absolute Gasteiger partial charge is 0.374 e. The molecule has 0 aliphatic carbocycles. The minimum atomic E-state index is 0.0521. The van der Waals surface area contributed by atoms with Crippen molar-refractivity contribution in [1.82, 2.24) is 30.8 Å². The van der Waals surface area contributed by atoms with E-state index in [1.807, 2.05) is 19.1 Å². The highest BCUT2D eigenvalue weighted by molar-refractivity contribution is 7.98. The van der Waals surface area contributed by atoms with E-state index in [2.05, 4.69) is 30.8 Å². The summed E-state index contributed by atoms with van der Waals surface area (Å²) in [6, 6.07) is 3.86. The average Bonchev–Trinajstić information content (AvgIpc) is 3.29. The van der Waals surface area contributed by atoms with Crippen molar-refractivity contribution in [3.05, 3.63) is 34.1 Å². The highest BCUT2D eigenvalue weighted by atomic mass is 32.2. The number of thioether (sulfide) groups is 2. The van der Waals surface area contributed by atoms with Crippen molar-refractivity contribution in [1.29, 1.82) is 10.5 Å². The zero-order chi connectivity index (χ0) is 20.2. The molecule has 0 atom stereocenters. The second kappa shape index (κ2) is 12.1. The van der Waals surface area contributed by atoms with Gasteiger partial charge in [-0.3, -0.25) is 0 Å². The van der Waals surface area contributed by atoms with Crippen LogP contribution in [0.3, 0.4) is 0 Å². The van der Waals surface area contributed by atoms with Crippen molar-refractivity contribution < 1.29 is 0 Å². The van der Waals surface area contributed by atoms with E-state index in [9.17, 15) is 0 Å². The Kier molecular flexibility index (Phi) is 9.48. The number of imidazole rings is 1. The van der Waals surface area contributed by atoms with E-state index in [1.54, 1.807) is 29.9 Å². The van der Waals surface area contributed by atoms with E-state index in [-0.39, 0.29) is 5.57 Å². The SMILES string of the molecule is Cc1nc[nH]c1CSCCNC(NCCSCc1nnc(N)s1)=C(C#N)C#N. The van der Waals surface area contributed by atoms with E-state index in [4.69, 9.17) is 16.3 Å². The van der Waals surface area contributed by atoms with Crippen molar-refractivity contribution in [2.45, 2.75) is 18.4 Å². The van der Waals surface area contributed by atoms with E-state index >= 15 is 0 Å². The van der Waals surface area contributed by atoms with Crippen LogP contribution in [0.4, 0.5) is 5.13 Å². The summed E-state index contributed by atoms with van der Waals surface area (Å²) in [6.45, 7) is 3.23. The van der Waals surface area contributed by atoms with Gasteiger partial charge < -0.3 is 21.4 Å². The second-order valence-corrected chi connectivity index (χ2v) is 8.74. The molecule has 2 heterocycles. The molecule has 2 aromatic rings. The van der Waals surface area contributed by atoms with Crippen molar-refractivity contribution in [2.75, 3.05) is 30.3 Å². The van der Waals surface area contributed by atoms with Crippen molar-refractivity contribution in [2.24, 2.45) is 0 Å². The molecule has 0 aromatic carbocycles. The summed E-state index contributed by atoms with van der Waals surface area (Å²) in [7, 11) is 0. The number of hydrogen-bond acceptors (Lipinski definition) is 11. The molecule has 9 nitrogen and oxygen atoms in total. The third-order valence-corrected chi connectivity index (χ3v) is 6.35. The maximum absolute atomic E-state index is 9.15. The maximum Gasteiger partial charge on any atom is 0.203 e. The number of anilines is 1. The van der Waals surface area contributed by atoms with Crippen LogP contribution < -0.4 is 16.4 Å². The molecule has 2 rings (SSSR count). The third-order valence-electron chi connectivity index (χ3n) is 3.46. The van der Waals surface area contributed by atoms with Gasteiger partial charge in [0.2, 0.25) is 5.13 Å². The summed E-state index contributed by atoms with van der Waals surface area (Å²) >= 11 is 4.81. The Bertz CT molecular complexity index is 843. The molecule has 0 aliphatic rings. The van der Waals surface area contributed by atoms with Crippen molar-refractivity contribution in [3.63, 3.8) is 0 Å². The van der Waals surface area contributed by atoms with Crippen LogP contribution >= 0.6 is 34.9 Å².